The minimum absolute atomic E-state index is 0.156. The van der Waals surface area contributed by atoms with Crippen LogP contribution in [0.25, 0.3) is 10.9 Å². The molecule has 5 nitrogen and oxygen atoms in total. The molecule has 7 heteroatoms. The van der Waals surface area contributed by atoms with E-state index in [4.69, 9.17) is 0 Å². The van der Waals surface area contributed by atoms with Gasteiger partial charge in [-0.3, -0.25) is 9.69 Å². The summed E-state index contributed by atoms with van der Waals surface area (Å²) in [6.07, 6.45) is 3.60. The van der Waals surface area contributed by atoms with Gasteiger partial charge in [0.2, 0.25) is 0 Å². The van der Waals surface area contributed by atoms with Crippen LogP contribution in [-0.4, -0.2) is 77.9 Å². The zero-order valence-electron chi connectivity index (χ0n) is 19.5. The number of nitrogens with zero attached hydrogens (tertiary/aromatic N) is 3. The number of likely N-dealkylation sites (tertiary alicyclic amines) is 1. The highest BCUT2D eigenvalue weighted by Gasteiger charge is 2.24. The second-order valence-electron chi connectivity index (χ2n) is 9.55. The molecule has 2 aliphatic heterocycles. The van der Waals surface area contributed by atoms with Gasteiger partial charge in [-0.25, -0.2) is 8.78 Å². The Morgan fingerprint density at radius 1 is 0.882 bits per heavy atom. The molecule has 0 unspecified atom stereocenters. The molecular weight excluding hydrogens is 434 g/mol. The van der Waals surface area contributed by atoms with Gasteiger partial charge in [0.05, 0.1) is 5.52 Å². The average Bonchev–Trinajstić information content (AvgIpc) is 3.29. The third-order valence-corrected chi connectivity index (χ3v) is 7.35. The van der Waals surface area contributed by atoms with Crippen LogP contribution in [0.5, 0.6) is 0 Å². The van der Waals surface area contributed by atoms with Gasteiger partial charge in [-0.2, -0.15) is 0 Å². The molecule has 5 rings (SSSR count). The van der Waals surface area contributed by atoms with Gasteiger partial charge in [0.15, 0.2) is 0 Å². The first-order chi connectivity index (χ1) is 16.6. The Morgan fingerprint density at radius 2 is 1.56 bits per heavy atom. The minimum atomic E-state index is -0.653. The molecule has 2 aliphatic rings. The van der Waals surface area contributed by atoms with Crippen LogP contribution in [0.15, 0.2) is 48.5 Å². The Balaban J connectivity index is 1.04. The van der Waals surface area contributed by atoms with Gasteiger partial charge in [0.1, 0.15) is 17.3 Å². The quantitative estimate of drug-likeness (QED) is 0.583. The SMILES string of the molecule is O=C(c1cc2c(F)cc(F)cc2[nH]1)N1CCN(CCCN2CCC(c3ccccc3)CC2)CC1. The highest BCUT2D eigenvalue weighted by Crippen LogP contribution is 2.27. The predicted molar refractivity (Wildman–Crippen MR) is 130 cm³/mol. The van der Waals surface area contributed by atoms with Gasteiger partial charge in [0, 0.05) is 37.6 Å². The Hall–Kier alpha value is -2.77. The van der Waals surface area contributed by atoms with Crippen molar-refractivity contribution in [2.45, 2.75) is 25.2 Å². The van der Waals surface area contributed by atoms with Crippen molar-refractivity contribution in [1.82, 2.24) is 19.7 Å². The van der Waals surface area contributed by atoms with E-state index in [1.165, 1.54) is 30.5 Å². The van der Waals surface area contributed by atoms with Crippen molar-refractivity contribution in [3.05, 3.63) is 71.4 Å². The van der Waals surface area contributed by atoms with E-state index >= 15 is 0 Å². The number of amides is 1. The molecule has 0 aliphatic carbocycles. The smallest absolute Gasteiger partial charge is 0.270 e. The topological polar surface area (TPSA) is 42.6 Å². The van der Waals surface area contributed by atoms with E-state index in [0.717, 1.165) is 51.8 Å². The molecule has 0 saturated carbocycles. The molecule has 0 bridgehead atoms. The van der Waals surface area contributed by atoms with Crippen molar-refractivity contribution in [2.75, 3.05) is 52.4 Å². The lowest BCUT2D eigenvalue weighted by atomic mass is 9.89. The summed E-state index contributed by atoms with van der Waals surface area (Å²) in [4.78, 5) is 22.5. The third-order valence-electron chi connectivity index (χ3n) is 7.35. The number of piperazine rings is 1. The summed E-state index contributed by atoms with van der Waals surface area (Å²) in [7, 11) is 0. The maximum absolute atomic E-state index is 14.0. The molecule has 3 heterocycles. The van der Waals surface area contributed by atoms with E-state index in [1.54, 1.807) is 4.90 Å². The Morgan fingerprint density at radius 3 is 2.26 bits per heavy atom. The number of nitrogens with one attached hydrogen (secondary N) is 1. The molecule has 1 N–H and O–H groups in total. The molecule has 2 aromatic carbocycles. The van der Waals surface area contributed by atoms with Crippen LogP contribution in [0.3, 0.4) is 0 Å². The first-order valence-corrected chi connectivity index (χ1v) is 12.3. The lowest BCUT2D eigenvalue weighted by Crippen LogP contribution is -2.49. The number of fused-ring (bicyclic) bond motifs is 1. The van der Waals surface area contributed by atoms with Gasteiger partial charge in [-0.15, -0.1) is 0 Å². The summed E-state index contributed by atoms with van der Waals surface area (Å²) in [5.41, 5.74) is 2.10. The second kappa shape index (κ2) is 10.2. The van der Waals surface area contributed by atoms with Crippen LogP contribution >= 0.6 is 0 Å². The highest BCUT2D eigenvalue weighted by molar-refractivity contribution is 5.98. The lowest BCUT2D eigenvalue weighted by Gasteiger charge is -2.36. The zero-order chi connectivity index (χ0) is 23.5. The monoisotopic (exact) mass is 466 g/mol. The number of hydrogen-bond donors (Lipinski definition) is 1. The van der Waals surface area contributed by atoms with E-state index in [1.807, 2.05) is 0 Å². The molecule has 2 saturated heterocycles. The van der Waals surface area contributed by atoms with Crippen LogP contribution in [0.4, 0.5) is 8.78 Å². The number of aromatic nitrogens is 1. The van der Waals surface area contributed by atoms with Crippen molar-refractivity contribution < 1.29 is 13.6 Å². The van der Waals surface area contributed by atoms with Crippen LogP contribution in [0, 0.1) is 11.6 Å². The van der Waals surface area contributed by atoms with Gasteiger partial charge >= 0.3 is 0 Å². The Bertz CT molecular complexity index is 1120. The summed E-state index contributed by atoms with van der Waals surface area (Å²) in [6, 6.07) is 14.4. The number of benzene rings is 2. The Kier molecular flexibility index (Phi) is 6.92. The second-order valence-corrected chi connectivity index (χ2v) is 9.55. The third kappa shape index (κ3) is 5.15. The van der Waals surface area contributed by atoms with Gasteiger partial charge in [0.25, 0.3) is 5.91 Å². The molecule has 2 fully saturated rings. The largest absolute Gasteiger partial charge is 0.350 e. The fourth-order valence-electron chi connectivity index (χ4n) is 5.35. The number of halogens is 2. The van der Waals surface area contributed by atoms with E-state index in [-0.39, 0.29) is 11.3 Å². The standard InChI is InChI=1S/C27H32F2N4O/c28-22-17-24(29)23-19-26(30-25(23)18-22)27(34)33-15-13-32(14-16-33)10-4-9-31-11-7-21(8-12-31)20-5-2-1-3-6-20/h1-3,5-6,17-19,21,30H,4,7-16H2. The van der Waals surface area contributed by atoms with E-state index in [2.05, 4.69) is 45.1 Å². The zero-order valence-corrected chi connectivity index (χ0v) is 19.5. The summed E-state index contributed by atoms with van der Waals surface area (Å²) in [5.74, 6) is -0.771. The number of H-pyrrole nitrogens is 1. The molecule has 180 valence electrons. The van der Waals surface area contributed by atoms with Crippen molar-refractivity contribution >= 4 is 16.8 Å². The van der Waals surface area contributed by atoms with Crippen LogP contribution in [0.1, 0.15) is 41.2 Å². The minimum Gasteiger partial charge on any atom is -0.350 e. The lowest BCUT2D eigenvalue weighted by molar-refractivity contribution is 0.0625. The fraction of sp³-hybridized carbons (Fsp3) is 0.444. The van der Waals surface area contributed by atoms with Crippen LogP contribution in [0.2, 0.25) is 0 Å². The van der Waals surface area contributed by atoms with Gasteiger partial charge in [-0.1, -0.05) is 30.3 Å². The summed E-state index contributed by atoms with van der Waals surface area (Å²) >= 11 is 0. The number of carbonyl (C=O) groups excluding carboxylic acids is 1. The van der Waals surface area contributed by atoms with Crippen LogP contribution < -0.4 is 0 Å². The maximum atomic E-state index is 14.0. The van der Waals surface area contributed by atoms with Crippen LogP contribution in [-0.2, 0) is 0 Å². The average molecular weight is 467 g/mol. The summed E-state index contributed by atoms with van der Waals surface area (Å²) in [6.45, 7) is 7.46. The molecule has 1 aromatic heterocycles. The van der Waals surface area contributed by atoms with Crippen molar-refractivity contribution in [1.29, 1.82) is 0 Å². The highest BCUT2D eigenvalue weighted by atomic mass is 19.1. The molecular formula is C27H32F2N4O. The number of rotatable bonds is 6. The molecule has 0 radical (unpaired) electrons. The maximum Gasteiger partial charge on any atom is 0.270 e. The number of hydrogen-bond acceptors (Lipinski definition) is 3. The first kappa shape index (κ1) is 23.0. The van der Waals surface area contributed by atoms with E-state index < -0.39 is 11.6 Å². The first-order valence-electron chi connectivity index (χ1n) is 12.3. The van der Waals surface area contributed by atoms with Gasteiger partial charge in [-0.05, 0) is 69.1 Å². The summed E-state index contributed by atoms with van der Waals surface area (Å²) in [5, 5.41) is 0.246. The van der Waals surface area contributed by atoms with E-state index in [0.29, 0.717) is 30.2 Å². The number of carbonyl (C=O) groups is 1. The van der Waals surface area contributed by atoms with Crippen molar-refractivity contribution in [3.8, 4) is 0 Å². The van der Waals surface area contributed by atoms with Crippen molar-refractivity contribution in [3.63, 3.8) is 0 Å². The Labute approximate surface area is 199 Å². The number of piperidine rings is 1. The normalized spacial score (nSPS) is 18.6. The molecule has 34 heavy (non-hydrogen) atoms. The fourth-order valence-corrected chi connectivity index (χ4v) is 5.35. The predicted octanol–water partition coefficient (Wildman–Crippen LogP) is 4.47. The molecule has 0 spiro atoms. The molecule has 3 aromatic rings. The van der Waals surface area contributed by atoms with E-state index in [9.17, 15) is 13.6 Å². The molecule has 0 atom stereocenters. The molecule has 1 amide bonds. The summed E-state index contributed by atoms with van der Waals surface area (Å²) < 4.78 is 27.4. The van der Waals surface area contributed by atoms with Crippen molar-refractivity contribution in [2.24, 2.45) is 0 Å². The number of aromatic amines is 1. The van der Waals surface area contributed by atoms with Gasteiger partial charge < -0.3 is 14.8 Å².